The summed E-state index contributed by atoms with van der Waals surface area (Å²) >= 11 is 1.27. The van der Waals surface area contributed by atoms with E-state index in [0.29, 0.717) is 34.6 Å². The van der Waals surface area contributed by atoms with Crippen molar-refractivity contribution in [3.63, 3.8) is 0 Å². The van der Waals surface area contributed by atoms with Gasteiger partial charge in [0.25, 0.3) is 5.91 Å². The Bertz CT molecular complexity index is 1080. The van der Waals surface area contributed by atoms with E-state index in [2.05, 4.69) is 20.8 Å². The van der Waals surface area contributed by atoms with Crippen LogP contribution >= 0.6 is 11.8 Å². The van der Waals surface area contributed by atoms with Crippen LogP contribution in [-0.2, 0) is 11.8 Å². The maximum Gasteiger partial charge on any atom is 0.251 e. The molecule has 0 fully saturated rings. The minimum atomic E-state index is -0.371. The Labute approximate surface area is 196 Å². The normalized spacial score (nSPS) is 11.5. The first-order valence-electron chi connectivity index (χ1n) is 10.4. The van der Waals surface area contributed by atoms with E-state index in [1.807, 2.05) is 26.0 Å². The van der Waals surface area contributed by atoms with E-state index < -0.39 is 0 Å². The van der Waals surface area contributed by atoms with E-state index in [0.717, 1.165) is 5.75 Å². The summed E-state index contributed by atoms with van der Waals surface area (Å²) in [6, 6.07) is 13.7. The van der Waals surface area contributed by atoms with Gasteiger partial charge in [-0.1, -0.05) is 11.8 Å². The van der Waals surface area contributed by atoms with Crippen molar-refractivity contribution < 1.29 is 19.1 Å². The lowest BCUT2D eigenvalue weighted by Gasteiger charge is -2.14. The fourth-order valence-corrected chi connectivity index (χ4v) is 3.76. The lowest BCUT2D eigenvalue weighted by Crippen LogP contribution is -2.28. The van der Waals surface area contributed by atoms with Gasteiger partial charge in [-0.05, 0) is 62.4 Å². The Morgan fingerprint density at radius 2 is 1.73 bits per heavy atom. The van der Waals surface area contributed by atoms with Crippen molar-refractivity contribution in [2.45, 2.75) is 25.0 Å². The SMILES string of the molecule is CCOc1ccc(NC(=O)CSc2nnc([C@@H](C)NC(=O)c3ccc(OC)cc3)n2C)cc1. The van der Waals surface area contributed by atoms with Gasteiger partial charge in [0, 0.05) is 18.3 Å². The molecule has 2 N–H and O–H groups in total. The lowest BCUT2D eigenvalue weighted by molar-refractivity contribution is -0.113. The number of hydrogen-bond acceptors (Lipinski definition) is 7. The summed E-state index contributed by atoms with van der Waals surface area (Å²) < 4.78 is 12.3. The molecule has 33 heavy (non-hydrogen) atoms. The molecule has 0 unspecified atom stereocenters. The fourth-order valence-electron chi connectivity index (χ4n) is 3.04. The number of carbonyl (C=O) groups excluding carboxylic acids is 2. The van der Waals surface area contributed by atoms with Crippen molar-refractivity contribution in [1.29, 1.82) is 0 Å². The third-order valence-corrected chi connectivity index (χ3v) is 5.76. The highest BCUT2D eigenvalue weighted by molar-refractivity contribution is 7.99. The third-order valence-electron chi connectivity index (χ3n) is 4.74. The zero-order valence-corrected chi connectivity index (χ0v) is 19.8. The smallest absolute Gasteiger partial charge is 0.251 e. The number of carbonyl (C=O) groups is 2. The second kappa shape index (κ2) is 11.4. The van der Waals surface area contributed by atoms with Crippen LogP contribution in [0.25, 0.3) is 0 Å². The molecule has 2 amide bonds. The topological polar surface area (TPSA) is 107 Å². The first-order chi connectivity index (χ1) is 15.9. The fraction of sp³-hybridized carbons (Fsp3) is 0.304. The molecule has 174 valence electrons. The summed E-state index contributed by atoms with van der Waals surface area (Å²) in [6.45, 7) is 4.34. The van der Waals surface area contributed by atoms with Crippen molar-refractivity contribution >= 4 is 29.3 Å². The van der Waals surface area contributed by atoms with Crippen LogP contribution in [0.4, 0.5) is 5.69 Å². The molecule has 2 aromatic carbocycles. The van der Waals surface area contributed by atoms with Crippen LogP contribution in [-0.4, -0.2) is 46.0 Å². The van der Waals surface area contributed by atoms with Crippen LogP contribution in [0.2, 0.25) is 0 Å². The quantitative estimate of drug-likeness (QED) is 0.438. The Kier molecular flexibility index (Phi) is 8.31. The molecule has 3 rings (SSSR count). The molecule has 0 saturated heterocycles. The average molecular weight is 470 g/mol. The molecule has 1 aromatic heterocycles. The molecule has 3 aromatic rings. The molecule has 1 atom stereocenters. The van der Waals surface area contributed by atoms with Gasteiger partial charge in [-0.25, -0.2) is 0 Å². The molecule has 1 heterocycles. The van der Waals surface area contributed by atoms with Crippen molar-refractivity contribution in [2.75, 3.05) is 24.8 Å². The highest BCUT2D eigenvalue weighted by Crippen LogP contribution is 2.21. The number of methoxy groups -OCH3 is 1. The zero-order valence-electron chi connectivity index (χ0n) is 19.0. The van der Waals surface area contributed by atoms with E-state index in [1.165, 1.54) is 11.8 Å². The summed E-state index contributed by atoms with van der Waals surface area (Å²) in [5.74, 6) is 1.81. The van der Waals surface area contributed by atoms with E-state index in [1.54, 1.807) is 55.1 Å². The van der Waals surface area contributed by atoms with E-state index >= 15 is 0 Å². The summed E-state index contributed by atoms with van der Waals surface area (Å²) in [5, 5.41) is 14.7. The van der Waals surface area contributed by atoms with Gasteiger partial charge in [0.05, 0.1) is 25.5 Å². The van der Waals surface area contributed by atoms with Crippen LogP contribution in [0.5, 0.6) is 11.5 Å². The molecule has 0 aliphatic heterocycles. The van der Waals surface area contributed by atoms with Crippen molar-refractivity contribution in [1.82, 2.24) is 20.1 Å². The van der Waals surface area contributed by atoms with E-state index in [-0.39, 0.29) is 23.6 Å². The van der Waals surface area contributed by atoms with E-state index in [4.69, 9.17) is 9.47 Å². The number of ether oxygens (including phenoxy) is 2. The van der Waals surface area contributed by atoms with Crippen LogP contribution in [0.1, 0.15) is 36.1 Å². The number of anilines is 1. The minimum absolute atomic E-state index is 0.158. The molecular weight excluding hydrogens is 442 g/mol. The summed E-state index contributed by atoms with van der Waals surface area (Å²) in [6.07, 6.45) is 0. The van der Waals surface area contributed by atoms with E-state index in [9.17, 15) is 9.59 Å². The van der Waals surface area contributed by atoms with Gasteiger partial charge < -0.3 is 24.7 Å². The Morgan fingerprint density at radius 3 is 2.36 bits per heavy atom. The maximum absolute atomic E-state index is 12.5. The van der Waals surface area contributed by atoms with Crippen LogP contribution in [0.15, 0.2) is 53.7 Å². The molecule has 0 saturated carbocycles. The minimum Gasteiger partial charge on any atom is -0.497 e. The van der Waals surface area contributed by atoms with Gasteiger partial charge in [-0.2, -0.15) is 0 Å². The molecule has 0 bridgehead atoms. The van der Waals surface area contributed by atoms with Crippen LogP contribution in [0, 0.1) is 0 Å². The molecule has 0 aliphatic rings. The predicted molar refractivity (Wildman–Crippen MR) is 127 cm³/mol. The molecular formula is C23H27N5O4S. The Hall–Kier alpha value is -3.53. The van der Waals surface area contributed by atoms with Gasteiger partial charge in [0.15, 0.2) is 11.0 Å². The number of amides is 2. The number of rotatable bonds is 10. The Balaban J connectivity index is 1.53. The second-order valence-corrected chi connectivity index (χ2v) is 8.06. The zero-order chi connectivity index (χ0) is 23.8. The molecule has 0 spiro atoms. The number of nitrogens with one attached hydrogen (secondary N) is 2. The van der Waals surface area contributed by atoms with Crippen molar-refractivity contribution in [2.24, 2.45) is 7.05 Å². The van der Waals surface area contributed by atoms with Crippen molar-refractivity contribution in [3.05, 3.63) is 59.9 Å². The highest BCUT2D eigenvalue weighted by Gasteiger charge is 2.19. The van der Waals surface area contributed by atoms with Gasteiger partial charge in [-0.15, -0.1) is 10.2 Å². The summed E-state index contributed by atoms with van der Waals surface area (Å²) in [5.41, 5.74) is 1.21. The number of aromatic nitrogens is 3. The number of nitrogens with zero attached hydrogens (tertiary/aromatic N) is 3. The monoisotopic (exact) mass is 469 g/mol. The largest absolute Gasteiger partial charge is 0.497 e. The average Bonchev–Trinajstić information content (AvgIpc) is 3.19. The number of hydrogen-bond donors (Lipinski definition) is 2. The molecule has 9 nitrogen and oxygen atoms in total. The molecule has 10 heteroatoms. The standard InChI is InChI=1S/C23H27N5O4S/c1-5-32-19-12-8-17(9-13-19)25-20(29)14-33-23-27-26-21(28(23)3)15(2)24-22(30)16-6-10-18(31-4)11-7-16/h6-13,15H,5,14H2,1-4H3,(H,24,30)(H,25,29)/t15-/m1/s1. The molecule has 0 radical (unpaired) electrons. The highest BCUT2D eigenvalue weighted by atomic mass is 32.2. The summed E-state index contributed by atoms with van der Waals surface area (Å²) in [4.78, 5) is 24.8. The lowest BCUT2D eigenvalue weighted by atomic mass is 10.2. The number of thioether (sulfide) groups is 1. The third kappa shape index (κ3) is 6.48. The maximum atomic E-state index is 12.5. The van der Waals surface area contributed by atoms with Gasteiger partial charge >= 0.3 is 0 Å². The van der Waals surface area contributed by atoms with Crippen LogP contribution in [0.3, 0.4) is 0 Å². The number of benzene rings is 2. The molecule has 0 aliphatic carbocycles. The van der Waals surface area contributed by atoms with Crippen LogP contribution < -0.4 is 20.1 Å². The first kappa shape index (κ1) is 24.1. The first-order valence-corrected chi connectivity index (χ1v) is 11.4. The van der Waals surface area contributed by atoms with Gasteiger partial charge in [0.2, 0.25) is 5.91 Å². The second-order valence-electron chi connectivity index (χ2n) is 7.12. The predicted octanol–water partition coefficient (Wildman–Crippen LogP) is 3.44. The van der Waals surface area contributed by atoms with Gasteiger partial charge in [0.1, 0.15) is 11.5 Å². The summed E-state index contributed by atoms with van der Waals surface area (Å²) in [7, 11) is 3.38. The Morgan fingerprint density at radius 1 is 1.06 bits per heavy atom. The van der Waals surface area contributed by atoms with Gasteiger partial charge in [-0.3, -0.25) is 9.59 Å². The van der Waals surface area contributed by atoms with Crippen molar-refractivity contribution in [3.8, 4) is 11.5 Å².